The van der Waals surface area contributed by atoms with Gasteiger partial charge in [-0.3, -0.25) is 5.26 Å². The van der Waals surface area contributed by atoms with Crippen LogP contribution in [0, 0.1) is 17.3 Å². The second-order valence-corrected chi connectivity index (χ2v) is 6.22. The Kier molecular flexibility index (Phi) is 4.24. The summed E-state index contributed by atoms with van der Waals surface area (Å²) in [5, 5.41) is 19.3. The Hall–Kier alpha value is -0.560. The minimum Gasteiger partial charge on any atom is -0.377 e. The van der Waals surface area contributed by atoms with Crippen molar-refractivity contribution < 1.29 is 15.3 Å². The second-order valence-electron chi connectivity index (χ2n) is 6.22. The summed E-state index contributed by atoms with van der Waals surface area (Å²) in [5.41, 5.74) is -2.19. The SMILES string of the molecule is CC(C)(C)C(C)(O)C#CC1(OO)CCCCC1. The Morgan fingerprint density at radius 1 is 1.06 bits per heavy atom. The molecule has 0 aromatic rings. The summed E-state index contributed by atoms with van der Waals surface area (Å²) < 4.78 is 0. The van der Waals surface area contributed by atoms with Gasteiger partial charge >= 0.3 is 0 Å². The van der Waals surface area contributed by atoms with Crippen molar-refractivity contribution in [1.82, 2.24) is 0 Å². The van der Waals surface area contributed by atoms with Crippen LogP contribution in [0.1, 0.15) is 59.8 Å². The van der Waals surface area contributed by atoms with Gasteiger partial charge in [0.25, 0.3) is 0 Å². The standard InChI is InChI=1S/C14H24O3/c1-12(2,3)13(4,15)10-11-14(17-16)8-6-5-7-9-14/h15-16H,5-9H2,1-4H3. The second kappa shape index (κ2) is 4.97. The highest BCUT2D eigenvalue weighted by molar-refractivity contribution is 5.23. The molecule has 0 heterocycles. The van der Waals surface area contributed by atoms with Crippen molar-refractivity contribution in [3.8, 4) is 11.8 Å². The molecule has 0 aromatic carbocycles. The van der Waals surface area contributed by atoms with E-state index in [1.165, 1.54) is 0 Å². The molecule has 0 aromatic heterocycles. The molecule has 1 saturated carbocycles. The lowest BCUT2D eigenvalue weighted by molar-refractivity contribution is -0.310. The third-order valence-electron chi connectivity index (χ3n) is 3.83. The molecule has 1 atom stereocenters. The fraction of sp³-hybridized carbons (Fsp3) is 0.857. The molecule has 98 valence electrons. The van der Waals surface area contributed by atoms with Crippen molar-refractivity contribution in [3.05, 3.63) is 0 Å². The lowest BCUT2D eigenvalue weighted by atomic mass is 9.77. The van der Waals surface area contributed by atoms with E-state index in [1.54, 1.807) is 6.92 Å². The van der Waals surface area contributed by atoms with Crippen LogP contribution in [0.25, 0.3) is 0 Å². The Balaban J connectivity index is 2.88. The first-order chi connectivity index (χ1) is 7.72. The maximum Gasteiger partial charge on any atom is 0.163 e. The maximum atomic E-state index is 10.3. The van der Waals surface area contributed by atoms with Crippen molar-refractivity contribution in [2.45, 2.75) is 71.0 Å². The van der Waals surface area contributed by atoms with E-state index < -0.39 is 11.2 Å². The smallest absolute Gasteiger partial charge is 0.163 e. The predicted molar refractivity (Wildman–Crippen MR) is 67.4 cm³/mol. The summed E-state index contributed by atoms with van der Waals surface area (Å²) in [7, 11) is 0. The maximum absolute atomic E-state index is 10.3. The van der Waals surface area contributed by atoms with E-state index in [9.17, 15) is 5.11 Å². The molecule has 3 heteroatoms. The van der Waals surface area contributed by atoms with Gasteiger partial charge in [0.15, 0.2) is 5.60 Å². The van der Waals surface area contributed by atoms with E-state index in [0.29, 0.717) is 0 Å². The number of hydrogen-bond acceptors (Lipinski definition) is 3. The summed E-state index contributed by atoms with van der Waals surface area (Å²) in [6.07, 6.45) is 4.63. The van der Waals surface area contributed by atoms with Crippen LogP contribution in [-0.2, 0) is 4.89 Å². The Bertz CT molecular complexity index is 309. The summed E-state index contributed by atoms with van der Waals surface area (Å²) in [4.78, 5) is 4.60. The molecule has 2 N–H and O–H groups in total. The lowest BCUT2D eigenvalue weighted by Gasteiger charge is -2.34. The van der Waals surface area contributed by atoms with Gasteiger partial charge in [-0.15, -0.1) is 0 Å². The largest absolute Gasteiger partial charge is 0.377 e. The number of aliphatic hydroxyl groups is 1. The van der Waals surface area contributed by atoms with Gasteiger partial charge in [-0.2, -0.15) is 0 Å². The van der Waals surface area contributed by atoms with Crippen molar-refractivity contribution in [2.75, 3.05) is 0 Å². The van der Waals surface area contributed by atoms with Crippen LogP contribution in [0.2, 0.25) is 0 Å². The zero-order valence-electron chi connectivity index (χ0n) is 11.3. The molecule has 0 spiro atoms. The first-order valence-electron chi connectivity index (χ1n) is 6.32. The van der Waals surface area contributed by atoms with Crippen LogP contribution in [0.3, 0.4) is 0 Å². The van der Waals surface area contributed by atoms with E-state index in [-0.39, 0.29) is 5.41 Å². The summed E-state index contributed by atoms with van der Waals surface area (Å²) >= 11 is 0. The van der Waals surface area contributed by atoms with Crippen molar-refractivity contribution in [2.24, 2.45) is 5.41 Å². The minimum absolute atomic E-state index is 0.328. The van der Waals surface area contributed by atoms with Gasteiger partial charge in [0, 0.05) is 5.41 Å². The molecule has 3 nitrogen and oxygen atoms in total. The van der Waals surface area contributed by atoms with Crippen LogP contribution in [0.4, 0.5) is 0 Å². The molecule has 0 aliphatic heterocycles. The highest BCUT2D eigenvalue weighted by atomic mass is 17.1. The van der Waals surface area contributed by atoms with Gasteiger partial charge in [0.2, 0.25) is 0 Å². The fourth-order valence-electron chi connectivity index (χ4n) is 1.79. The molecule has 17 heavy (non-hydrogen) atoms. The monoisotopic (exact) mass is 240 g/mol. The van der Waals surface area contributed by atoms with Gasteiger partial charge in [-0.05, 0) is 32.6 Å². The molecule has 0 saturated heterocycles. The molecule has 0 radical (unpaired) electrons. The Labute approximate surface area is 104 Å². The molecule has 0 amide bonds. The number of hydrogen-bond donors (Lipinski definition) is 2. The third kappa shape index (κ3) is 3.45. The van der Waals surface area contributed by atoms with Crippen molar-refractivity contribution in [3.63, 3.8) is 0 Å². The van der Waals surface area contributed by atoms with Crippen LogP contribution in [0.5, 0.6) is 0 Å². The van der Waals surface area contributed by atoms with Crippen molar-refractivity contribution in [1.29, 1.82) is 0 Å². The molecular formula is C14H24O3. The van der Waals surface area contributed by atoms with Crippen LogP contribution in [0.15, 0.2) is 0 Å². The zero-order chi connectivity index (χ0) is 13.2. The Morgan fingerprint density at radius 3 is 2.00 bits per heavy atom. The minimum atomic E-state index is -1.09. The third-order valence-corrected chi connectivity index (χ3v) is 3.83. The Morgan fingerprint density at radius 2 is 1.59 bits per heavy atom. The molecule has 1 fully saturated rings. The topological polar surface area (TPSA) is 49.7 Å². The molecule has 1 rings (SSSR count). The summed E-state index contributed by atoms with van der Waals surface area (Å²) in [6.45, 7) is 7.52. The van der Waals surface area contributed by atoms with Crippen LogP contribution < -0.4 is 0 Å². The predicted octanol–water partition coefficient (Wildman–Crippen LogP) is 2.98. The van der Waals surface area contributed by atoms with Gasteiger partial charge < -0.3 is 5.11 Å². The van der Waals surface area contributed by atoms with Gasteiger partial charge in [0.1, 0.15) is 5.60 Å². The van der Waals surface area contributed by atoms with E-state index >= 15 is 0 Å². The first-order valence-corrected chi connectivity index (χ1v) is 6.32. The molecule has 1 unspecified atom stereocenters. The van der Waals surface area contributed by atoms with E-state index in [4.69, 9.17) is 5.26 Å². The van der Waals surface area contributed by atoms with E-state index in [2.05, 4.69) is 16.7 Å². The zero-order valence-corrected chi connectivity index (χ0v) is 11.3. The van der Waals surface area contributed by atoms with E-state index in [0.717, 1.165) is 32.1 Å². The normalized spacial score (nSPS) is 23.4. The van der Waals surface area contributed by atoms with Crippen molar-refractivity contribution >= 4 is 0 Å². The van der Waals surface area contributed by atoms with Crippen LogP contribution >= 0.6 is 0 Å². The average Bonchev–Trinajstić information content (AvgIpc) is 2.26. The molecule has 1 aliphatic rings. The summed E-state index contributed by atoms with van der Waals surface area (Å²) in [5.74, 6) is 5.84. The van der Waals surface area contributed by atoms with Gasteiger partial charge in [-0.1, -0.05) is 39.0 Å². The van der Waals surface area contributed by atoms with Crippen LogP contribution in [-0.4, -0.2) is 21.6 Å². The lowest BCUT2D eigenvalue weighted by Crippen LogP contribution is -2.40. The quantitative estimate of drug-likeness (QED) is 0.421. The summed E-state index contributed by atoms with van der Waals surface area (Å²) in [6, 6.07) is 0. The first kappa shape index (κ1) is 14.5. The average molecular weight is 240 g/mol. The molecule has 1 aliphatic carbocycles. The highest BCUT2D eigenvalue weighted by Crippen LogP contribution is 2.33. The number of rotatable bonds is 1. The molecular weight excluding hydrogens is 216 g/mol. The fourth-order valence-corrected chi connectivity index (χ4v) is 1.79. The van der Waals surface area contributed by atoms with E-state index in [1.807, 2.05) is 20.8 Å². The highest BCUT2D eigenvalue weighted by Gasteiger charge is 2.36. The van der Waals surface area contributed by atoms with Gasteiger partial charge in [0.05, 0.1) is 0 Å². The molecule has 0 bridgehead atoms. The van der Waals surface area contributed by atoms with Gasteiger partial charge in [-0.25, -0.2) is 4.89 Å².